The summed E-state index contributed by atoms with van der Waals surface area (Å²) in [7, 11) is 0. The van der Waals surface area contributed by atoms with E-state index in [-0.39, 0.29) is 0 Å². The van der Waals surface area contributed by atoms with Crippen molar-refractivity contribution in [1.82, 2.24) is 24.7 Å². The fourth-order valence-corrected chi connectivity index (χ4v) is 1.70. The molecule has 0 amide bonds. The Kier molecular flexibility index (Phi) is 2.57. The number of hydrogen-bond donors (Lipinski definition) is 0. The van der Waals surface area contributed by atoms with E-state index in [1.807, 2.05) is 37.5 Å². The van der Waals surface area contributed by atoms with Crippen molar-refractivity contribution in [2.24, 2.45) is 0 Å². The highest BCUT2D eigenvalue weighted by molar-refractivity contribution is 5.60. The Hall–Kier alpha value is -2.56. The summed E-state index contributed by atoms with van der Waals surface area (Å²) in [6.07, 6.45) is 9.02. The van der Waals surface area contributed by atoms with Crippen LogP contribution in [0.1, 0.15) is 5.82 Å². The molecule has 88 valence electrons. The van der Waals surface area contributed by atoms with Crippen molar-refractivity contribution in [3.63, 3.8) is 0 Å². The third-order valence-electron chi connectivity index (χ3n) is 2.57. The van der Waals surface area contributed by atoms with Gasteiger partial charge in [0.2, 0.25) is 0 Å². The molecule has 0 aliphatic heterocycles. The smallest absolute Gasteiger partial charge is 0.156 e. The Morgan fingerprint density at radius 2 is 2.00 bits per heavy atom. The number of aromatic nitrogens is 5. The molecular weight excluding hydrogens is 226 g/mol. The second-order valence-electron chi connectivity index (χ2n) is 3.88. The van der Waals surface area contributed by atoms with E-state index < -0.39 is 0 Å². The maximum Gasteiger partial charge on any atom is 0.156 e. The van der Waals surface area contributed by atoms with Crippen molar-refractivity contribution in [2.75, 3.05) is 0 Å². The molecule has 0 saturated heterocycles. The van der Waals surface area contributed by atoms with Gasteiger partial charge < -0.3 is 0 Å². The first-order valence-electron chi connectivity index (χ1n) is 5.58. The molecule has 0 unspecified atom stereocenters. The van der Waals surface area contributed by atoms with Gasteiger partial charge in [0.25, 0.3) is 0 Å². The highest BCUT2D eigenvalue weighted by atomic mass is 15.3. The molecule has 3 rings (SSSR count). The van der Waals surface area contributed by atoms with E-state index in [9.17, 15) is 0 Å². The van der Waals surface area contributed by atoms with Crippen molar-refractivity contribution in [2.45, 2.75) is 6.92 Å². The molecule has 0 atom stereocenters. The molecule has 0 aromatic carbocycles. The summed E-state index contributed by atoms with van der Waals surface area (Å²) in [6.45, 7) is 1.86. The van der Waals surface area contributed by atoms with E-state index in [4.69, 9.17) is 0 Å². The minimum absolute atomic E-state index is 0.728. The molecular formula is C13H11N5. The molecule has 0 bridgehead atoms. The normalized spacial score (nSPS) is 10.5. The van der Waals surface area contributed by atoms with Crippen LogP contribution in [0.25, 0.3) is 16.9 Å². The van der Waals surface area contributed by atoms with Gasteiger partial charge in [0.05, 0.1) is 6.20 Å². The zero-order valence-electron chi connectivity index (χ0n) is 9.85. The van der Waals surface area contributed by atoms with E-state index in [0.29, 0.717) is 0 Å². The molecule has 18 heavy (non-hydrogen) atoms. The van der Waals surface area contributed by atoms with Crippen LogP contribution in [0.5, 0.6) is 0 Å². The minimum Gasteiger partial charge on any atom is -0.264 e. The molecule has 3 heterocycles. The van der Waals surface area contributed by atoms with Crippen molar-refractivity contribution in [3.05, 3.63) is 55.0 Å². The summed E-state index contributed by atoms with van der Waals surface area (Å²) >= 11 is 0. The van der Waals surface area contributed by atoms with Crippen LogP contribution < -0.4 is 0 Å². The monoisotopic (exact) mass is 237 g/mol. The summed E-state index contributed by atoms with van der Waals surface area (Å²) in [4.78, 5) is 12.5. The van der Waals surface area contributed by atoms with Crippen molar-refractivity contribution < 1.29 is 0 Å². The molecule has 5 heteroatoms. The second kappa shape index (κ2) is 4.37. The van der Waals surface area contributed by atoms with Gasteiger partial charge in [-0.1, -0.05) is 6.07 Å². The van der Waals surface area contributed by atoms with Crippen LogP contribution in [0.15, 0.2) is 49.2 Å². The van der Waals surface area contributed by atoms with Crippen LogP contribution in [0.3, 0.4) is 0 Å². The first-order valence-corrected chi connectivity index (χ1v) is 5.58. The molecule has 3 aromatic rings. The van der Waals surface area contributed by atoms with Crippen LogP contribution in [0, 0.1) is 6.92 Å². The number of nitrogens with zero attached hydrogens (tertiary/aromatic N) is 5. The first kappa shape index (κ1) is 10.6. The van der Waals surface area contributed by atoms with Crippen molar-refractivity contribution in [1.29, 1.82) is 0 Å². The average molecular weight is 237 g/mol. The summed E-state index contributed by atoms with van der Waals surface area (Å²) in [5, 5.41) is 4.30. The lowest BCUT2D eigenvalue weighted by atomic mass is 10.2. The van der Waals surface area contributed by atoms with Gasteiger partial charge in [-0.05, 0) is 13.0 Å². The van der Waals surface area contributed by atoms with Gasteiger partial charge in [-0.2, -0.15) is 5.10 Å². The van der Waals surface area contributed by atoms with Crippen molar-refractivity contribution in [3.8, 4) is 16.9 Å². The molecule has 0 saturated carbocycles. The Morgan fingerprint density at radius 1 is 1.06 bits per heavy atom. The predicted octanol–water partition coefficient (Wildman–Crippen LogP) is 2.03. The molecule has 3 aromatic heterocycles. The van der Waals surface area contributed by atoms with Gasteiger partial charge in [-0.25, -0.2) is 14.6 Å². The summed E-state index contributed by atoms with van der Waals surface area (Å²) in [5.41, 5.74) is 2.05. The van der Waals surface area contributed by atoms with Crippen LogP contribution in [-0.4, -0.2) is 24.7 Å². The number of hydrogen-bond acceptors (Lipinski definition) is 4. The van der Waals surface area contributed by atoms with Gasteiger partial charge in [-0.3, -0.25) is 4.98 Å². The number of rotatable bonds is 2. The molecule has 0 fully saturated rings. The fraction of sp³-hybridized carbons (Fsp3) is 0.0769. The largest absolute Gasteiger partial charge is 0.264 e. The van der Waals surface area contributed by atoms with Crippen LogP contribution in [0.4, 0.5) is 0 Å². The Morgan fingerprint density at radius 3 is 2.78 bits per heavy atom. The Balaban J connectivity index is 2.00. The maximum atomic E-state index is 4.32. The average Bonchev–Trinajstić information content (AvgIpc) is 2.89. The zero-order valence-corrected chi connectivity index (χ0v) is 9.85. The van der Waals surface area contributed by atoms with Gasteiger partial charge in [0.1, 0.15) is 5.82 Å². The van der Waals surface area contributed by atoms with E-state index >= 15 is 0 Å². The number of aryl methyl sites for hydroxylation is 1. The zero-order chi connectivity index (χ0) is 12.4. The summed E-state index contributed by atoms with van der Waals surface area (Å²) < 4.78 is 1.73. The lowest BCUT2D eigenvalue weighted by Gasteiger charge is -1.99. The third-order valence-corrected chi connectivity index (χ3v) is 2.57. The highest BCUT2D eigenvalue weighted by Crippen LogP contribution is 2.17. The van der Waals surface area contributed by atoms with Gasteiger partial charge >= 0.3 is 0 Å². The van der Waals surface area contributed by atoms with Crippen molar-refractivity contribution >= 4 is 0 Å². The number of pyridine rings is 1. The topological polar surface area (TPSA) is 56.5 Å². The fourth-order valence-electron chi connectivity index (χ4n) is 1.70. The van der Waals surface area contributed by atoms with Gasteiger partial charge in [0.15, 0.2) is 5.82 Å². The molecule has 0 spiro atoms. The van der Waals surface area contributed by atoms with Crippen LogP contribution in [-0.2, 0) is 0 Å². The third kappa shape index (κ3) is 1.98. The molecule has 0 N–H and O–H groups in total. The highest BCUT2D eigenvalue weighted by Gasteiger charge is 2.04. The minimum atomic E-state index is 0.728. The predicted molar refractivity (Wildman–Crippen MR) is 67.1 cm³/mol. The summed E-state index contributed by atoms with van der Waals surface area (Å²) in [6, 6.07) is 5.73. The molecule has 0 aliphatic rings. The van der Waals surface area contributed by atoms with E-state index in [1.54, 1.807) is 23.3 Å². The lowest BCUT2D eigenvalue weighted by molar-refractivity contribution is 0.828. The van der Waals surface area contributed by atoms with E-state index in [1.165, 1.54) is 0 Å². The lowest BCUT2D eigenvalue weighted by Crippen LogP contribution is -1.99. The first-order chi connectivity index (χ1) is 8.83. The molecule has 0 radical (unpaired) electrons. The Labute approximate surface area is 104 Å². The van der Waals surface area contributed by atoms with Gasteiger partial charge in [-0.15, -0.1) is 0 Å². The van der Waals surface area contributed by atoms with E-state index in [2.05, 4.69) is 20.1 Å². The quantitative estimate of drug-likeness (QED) is 0.684. The van der Waals surface area contributed by atoms with Crippen LogP contribution >= 0.6 is 0 Å². The second-order valence-corrected chi connectivity index (χ2v) is 3.88. The van der Waals surface area contributed by atoms with Gasteiger partial charge in [0, 0.05) is 42.0 Å². The SMILES string of the molecule is Cc1nccc(-n2cc(-c3cccnc3)cn2)n1. The van der Waals surface area contributed by atoms with Crippen LogP contribution in [0.2, 0.25) is 0 Å². The Bertz CT molecular complexity index is 660. The molecule has 5 nitrogen and oxygen atoms in total. The summed E-state index contributed by atoms with van der Waals surface area (Å²) in [5.74, 6) is 1.49. The van der Waals surface area contributed by atoms with E-state index in [0.717, 1.165) is 22.8 Å². The maximum absolute atomic E-state index is 4.32. The standard InChI is InChI=1S/C13H11N5/c1-10-15-6-4-13(17-10)18-9-12(8-16-18)11-3-2-5-14-7-11/h2-9H,1H3. The molecule has 0 aliphatic carbocycles.